The number of benzene rings is 2. The Labute approximate surface area is 129 Å². The lowest BCUT2D eigenvalue weighted by molar-refractivity contribution is -0.136. The van der Waals surface area contributed by atoms with Crippen molar-refractivity contribution in [1.82, 2.24) is 9.97 Å². The molecule has 2 N–H and O–H groups in total. The molecule has 3 aromatic rings. The molecule has 118 valence electrons. The number of H-pyrrole nitrogens is 1. The molecule has 0 radical (unpaired) electrons. The van der Waals surface area contributed by atoms with E-state index >= 15 is 0 Å². The maximum Gasteiger partial charge on any atom is 0.418 e. The number of carbonyl (C=O) groups is 1. The Morgan fingerprint density at radius 2 is 1.87 bits per heavy atom. The van der Waals surface area contributed by atoms with Crippen LogP contribution in [0.2, 0.25) is 0 Å². The zero-order valence-corrected chi connectivity index (χ0v) is 12.0. The molecule has 0 aliphatic heterocycles. The molecule has 0 saturated heterocycles. The first-order valence-electron chi connectivity index (χ1n) is 6.79. The molecule has 1 heterocycles. The van der Waals surface area contributed by atoms with E-state index in [9.17, 15) is 18.0 Å². The first-order chi connectivity index (χ1) is 10.9. The lowest BCUT2D eigenvalue weighted by Crippen LogP contribution is -2.17. The first kappa shape index (κ1) is 15.1. The van der Waals surface area contributed by atoms with Crippen molar-refractivity contribution in [3.63, 3.8) is 0 Å². The largest absolute Gasteiger partial charge is 0.418 e. The van der Waals surface area contributed by atoms with E-state index in [-0.39, 0.29) is 11.3 Å². The number of anilines is 1. The van der Waals surface area contributed by atoms with Crippen molar-refractivity contribution in [3.8, 4) is 0 Å². The molecule has 0 spiro atoms. The second-order valence-electron chi connectivity index (χ2n) is 5.02. The molecular formula is C16H12F3N3O. The summed E-state index contributed by atoms with van der Waals surface area (Å²) in [4.78, 5) is 19.6. The summed E-state index contributed by atoms with van der Waals surface area (Å²) in [6, 6.07) is 9.76. The van der Waals surface area contributed by atoms with E-state index in [2.05, 4.69) is 15.3 Å². The summed E-state index contributed by atoms with van der Waals surface area (Å²) in [6.07, 6.45) is -4.54. The highest BCUT2D eigenvalue weighted by Crippen LogP contribution is 2.34. The van der Waals surface area contributed by atoms with Gasteiger partial charge in [-0.2, -0.15) is 13.2 Å². The van der Waals surface area contributed by atoms with Crippen LogP contribution >= 0.6 is 0 Å². The topological polar surface area (TPSA) is 57.8 Å². The van der Waals surface area contributed by atoms with E-state index in [0.717, 1.165) is 6.07 Å². The van der Waals surface area contributed by atoms with Gasteiger partial charge in [0.05, 0.1) is 22.3 Å². The Balaban J connectivity index is 1.99. The maximum absolute atomic E-state index is 13.0. The monoisotopic (exact) mass is 319 g/mol. The van der Waals surface area contributed by atoms with Crippen LogP contribution in [0.3, 0.4) is 0 Å². The third-order valence-electron chi connectivity index (χ3n) is 3.36. The number of carbonyl (C=O) groups excluding carboxylic acids is 1. The van der Waals surface area contributed by atoms with E-state index in [1.54, 1.807) is 19.1 Å². The van der Waals surface area contributed by atoms with Gasteiger partial charge in [0.1, 0.15) is 11.3 Å². The summed E-state index contributed by atoms with van der Waals surface area (Å²) in [5.41, 5.74) is 0.114. The van der Waals surface area contributed by atoms with E-state index < -0.39 is 17.6 Å². The van der Waals surface area contributed by atoms with Crippen molar-refractivity contribution < 1.29 is 18.0 Å². The van der Waals surface area contributed by atoms with E-state index in [1.165, 1.54) is 24.3 Å². The fourth-order valence-electron chi connectivity index (χ4n) is 2.37. The van der Waals surface area contributed by atoms with Gasteiger partial charge in [0.2, 0.25) is 0 Å². The van der Waals surface area contributed by atoms with Crippen LogP contribution < -0.4 is 5.32 Å². The highest BCUT2D eigenvalue weighted by Gasteiger charge is 2.33. The van der Waals surface area contributed by atoms with E-state index in [4.69, 9.17) is 0 Å². The predicted octanol–water partition coefficient (Wildman–Crippen LogP) is 4.14. The lowest BCUT2D eigenvalue weighted by Gasteiger charge is -2.13. The van der Waals surface area contributed by atoms with Crippen LogP contribution in [0.25, 0.3) is 11.0 Å². The van der Waals surface area contributed by atoms with Gasteiger partial charge in [-0.1, -0.05) is 18.2 Å². The van der Waals surface area contributed by atoms with Gasteiger partial charge in [-0.05, 0) is 31.2 Å². The predicted molar refractivity (Wildman–Crippen MR) is 80.2 cm³/mol. The number of fused-ring (bicyclic) bond motifs is 1. The molecule has 0 fully saturated rings. The number of aromatic amines is 1. The summed E-state index contributed by atoms with van der Waals surface area (Å²) in [5.74, 6) is -0.0188. The fourth-order valence-corrected chi connectivity index (χ4v) is 2.37. The van der Waals surface area contributed by atoms with Crippen molar-refractivity contribution in [3.05, 3.63) is 59.4 Å². The van der Waals surface area contributed by atoms with Crippen molar-refractivity contribution in [2.45, 2.75) is 13.1 Å². The summed E-state index contributed by atoms with van der Waals surface area (Å²) in [5, 5.41) is 2.32. The molecular weight excluding hydrogens is 307 g/mol. The Hall–Kier alpha value is -2.83. The van der Waals surface area contributed by atoms with Gasteiger partial charge in [-0.3, -0.25) is 4.79 Å². The molecule has 3 rings (SSSR count). The second-order valence-corrected chi connectivity index (χ2v) is 5.02. The third kappa shape index (κ3) is 2.90. The van der Waals surface area contributed by atoms with Crippen LogP contribution in [0, 0.1) is 6.92 Å². The van der Waals surface area contributed by atoms with Crippen molar-refractivity contribution in [1.29, 1.82) is 0 Å². The van der Waals surface area contributed by atoms with Gasteiger partial charge in [0, 0.05) is 0 Å². The lowest BCUT2D eigenvalue weighted by atomic mass is 10.1. The number of aryl methyl sites for hydroxylation is 1. The summed E-state index contributed by atoms with van der Waals surface area (Å²) in [6.45, 7) is 1.74. The van der Waals surface area contributed by atoms with Crippen LogP contribution in [-0.2, 0) is 6.18 Å². The molecule has 0 atom stereocenters. The minimum absolute atomic E-state index is 0.212. The standard InChI is InChI=1S/C16H12F3N3O/c1-9-20-13-8-4-5-10(14(13)21-9)15(23)22-12-7-3-2-6-11(12)16(17,18)19/h2-8H,1H3,(H,20,21)(H,22,23). The quantitative estimate of drug-likeness (QED) is 0.746. The Bertz CT molecular complexity index is 884. The van der Waals surface area contributed by atoms with Gasteiger partial charge in [-0.25, -0.2) is 4.98 Å². The van der Waals surface area contributed by atoms with Crippen LogP contribution in [0.5, 0.6) is 0 Å². The number of aromatic nitrogens is 2. The molecule has 1 amide bonds. The van der Waals surface area contributed by atoms with E-state index in [0.29, 0.717) is 16.9 Å². The number of imidazole rings is 1. The third-order valence-corrected chi connectivity index (χ3v) is 3.36. The number of halogens is 3. The SMILES string of the molecule is Cc1nc2c(C(=O)Nc3ccccc3C(F)(F)F)cccc2[nH]1. The Morgan fingerprint density at radius 3 is 2.61 bits per heavy atom. The Morgan fingerprint density at radius 1 is 1.13 bits per heavy atom. The Kier molecular flexibility index (Phi) is 3.55. The number of amides is 1. The molecule has 0 bridgehead atoms. The average Bonchev–Trinajstić information content (AvgIpc) is 2.86. The van der Waals surface area contributed by atoms with Crippen LogP contribution in [0.1, 0.15) is 21.7 Å². The normalized spacial score (nSPS) is 11.7. The average molecular weight is 319 g/mol. The second kappa shape index (κ2) is 5.42. The number of hydrogen-bond acceptors (Lipinski definition) is 2. The summed E-state index contributed by atoms with van der Waals surface area (Å²) >= 11 is 0. The number of nitrogens with one attached hydrogen (secondary N) is 2. The zero-order chi connectivity index (χ0) is 16.6. The number of hydrogen-bond donors (Lipinski definition) is 2. The number of nitrogens with zero attached hydrogens (tertiary/aromatic N) is 1. The van der Waals surface area contributed by atoms with Gasteiger partial charge in [-0.15, -0.1) is 0 Å². The van der Waals surface area contributed by atoms with Crippen LogP contribution in [-0.4, -0.2) is 15.9 Å². The highest BCUT2D eigenvalue weighted by atomic mass is 19.4. The molecule has 2 aromatic carbocycles. The van der Waals surface area contributed by atoms with E-state index in [1.807, 2.05) is 0 Å². The molecule has 7 heteroatoms. The van der Waals surface area contributed by atoms with Gasteiger partial charge in [0.25, 0.3) is 5.91 Å². The zero-order valence-electron chi connectivity index (χ0n) is 12.0. The molecule has 0 aliphatic rings. The fraction of sp³-hybridized carbons (Fsp3) is 0.125. The number of rotatable bonds is 2. The summed E-state index contributed by atoms with van der Waals surface area (Å²) < 4.78 is 39.0. The first-order valence-corrected chi connectivity index (χ1v) is 6.79. The minimum Gasteiger partial charge on any atom is -0.342 e. The van der Waals surface area contributed by atoms with Gasteiger partial charge in [0.15, 0.2) is 0 Å². The number of alkyl halides is 3. The van der Waals surface area contributed by atoms with Crippen molar-refractivity contribution in [2.24, 2.45) is 0 Å². The van der Waals surface area contributed by atoms with Crippen molar-refractivity contribution >= 4 is 22.6 Å². The van der Waals surface area contributed by atoms with Gasteiger partial charge >= 0.3 is 6.18 Å². The smallest absolute Gasteiger partial charge is 0.342 e. The minimum atomic E-state index is -4.54. The number of para-hydroxylation sites is 2. The van der Waals surface area contributed by atoms with Crippen LogP contribution in [0.15, 0.2) is 42.5 Å². The molecule has 1 aromatic heterocycles. The molecule has 0 aliphatic carbocycles. The maximum atomic E-state index is 13.0. The summed E-state index contributed by atoms with van der Waals surface area (Å²) in [7, 11) is 0. The van der Waals surface area contributed by atoms with Crippen molar-refractivity contribution in [2.75, 3.05) is 5.32 Å². The molecule has 23 heavy (non-hydrogen) atoms. The molecule has 0 unspecified atom stereocenters. The molecule has 0 saturated carbocycles. The van der Waals surface area contributed by atoms with Gasteiger partial charge < -0.3 is 10.3 Å². The molecule has 4 nitrogen and oxygen atoms in total. The van der Waals surface area contributed by atoms with Crippen LogP contribution in [0.4, 0.5) is 18.9 Å². The highest BCUT2D eigenvalue weighted by molar-refractivity contribution is 6.11.